The lowest BCUT2D eigenvalue weighted by Gasteiger charge is -2.46. The zero-order chi connectivity index (χ0) is 19.7. The number of rotatable bonds is 4. The predicted octanol–water partition coefficient (Wildman–Crippen LogP) is 3.27. The molecule has 28 heavy (non-hydrogen) atoms. The molecule has 3 fully saturated rings. The molecule has 3 aliphatic heterocycles. The molecule has 0 aliphatic carbocycles. The second-order valence-electron chi connectivity index (χ2n) is 9.43. The zero-order valence-corrected chi connectivity index (χ0v) is 17.4. The van der Waals surface area contributed by atoms with Crippen LogP contribution in [0, 0.1) is 5.41 Å². The molecular formula is C23H35N3O2. The summed E-state index contributed by atoms with van der Waals surface area (Å²) < 4.78 is 0. The number of hydrogen-bond acceptors (Lipinski definition) is 4. The highest BCUT2D eigenvalue weighted by atomic mass is 16.3. The maximum Gasteiger partial charge on any atom is 0.227 e. The molecule has 2 atom stereocenters. The van der Waals surface area contributed by atoms with E-state index in [2.05, 4.69) is 47.9 Å². The standard InChI is InChI=1S/C23H35N3O2/c1-18-4-9-22(28)26(18)21-7-5-19(6-8-21)24-14-10-20(11-15-24)25-13-3-12-23(2,16-25)17-27/h5-8,18,20,27H,3-4,9-17H2,1-2H3. The molecule has 2 unspecified atom stereocenters. The van der Waals surface area contributed by atoms with Gasteiger partial charge in [-0.15, -0.1) is 0 Å². The third kappa shape index (κ3) is 3.92. The van der Waals surface area contributed by atoms with Gasteiger partial charge in [-0.25, -0.2) is 0 Å². The summed E-state index contributed by atoms with van der Waals surface area (Å²) in [6.45, 7) is 9.02. The number of anilines is 2. The van der Waals surface area contributed by atoms with Gasteiger partial charge in [-0.1, -0.05) is 6.92 Å². The smallest absolute Gasteiger partial charge is 0.227 e. The molecule has 0 saturated carbocycles. The van der Waals surface area contributed by atoms with Gasteiger partial charge in [0.05, 0.1) is 0 Å². The molecular weight excluding hydrogens is 350 g/mol. The SMILES string of the molecule is CC1CCC(=O)N1c1ccc(N2CCC(N3CCCC(C)(CO)C3)CC2)cc1. The van der Waals surface area contributed by atoms with E-state index in [0.717, 1.165) is 38.2 Å². The number of piperidine rings is 2. The van der Waals surface area contributed by atoms with E-state index < -0.39 is 0 Å². The van der Waals surface area contributed by atoms with Crippen molar-refractivity contribution in [2.45, 2.75) is 64.5 Å². The zero-order valence-electron chi connectivity index (χ0n) is 17.4. The van der Waals surface area contributed by atoms with Crippen molar-refractivity contribution in [1.29, 1.82) is 0 Å². The summed E-state index contributed by atoms with van der Waals surface area (Å²) in [5.41, 5.74) is 2.38. The summed E-state index contributed by atoms with van der Waals surface area (Å²) in [5.74, 6) is 0.248. The number of hydrogen-bond donors (Lipinski definition) is 1. The maximum absolute atomic E-state index is 12.1. The summed E-state index contributed by atoms with van der Waals surface area (Å²) in [5, 5.41) is 9.73. The molecule has 1 aromatic rings. The molecule has 1 aromatic carbocycles. The number of aliphatic hydroxyl groups is 1. The Morgan fingerprint density at radius 2 is 1.75 bits per heavy atom. The lowest BCUT2D eigenvalue weighted by molar-refractivity contribution is -0.117. The van der Waals surface area contributed by atoms with Crippen molar-refractivity contribution in [2.24, 2.45) is 5.41 Å². The van der Waals surface area contributed by atoms with Crippen LogP contribution in [0.4, 0.5) is 11.4 Å². The molecule has 3 aliphatic rings. The van der Waals surface area contributed by atoms with Crippen LogP contribution in [0.5, 0.6) is 0 Å². The molecule has 4 rings (SSSR count). The number of carbonyl (C=O) groups is 1. The van der Waals surface area contributed by atoms with E-state index in [4.69, 9.17) is 0 Å². The number of benzene rings is 1. The molecule has 0 aromatic heterocycles. The van der Waals surface area contributed by atoms with Crippen molar-refractivity contribution < 1.29 is 9.90 Å². The van der Waals surface area contributed by atoms with Crippen LogP contribution in [-0.2, 0) is 4.79 Å². The van der Waals surface area contributed by atoms with Crippen LogP contribution < -0.4 is 9.80 Å². The first-order chi connectivity index (χ1) is 13.5. The molecule has 3 heterocycles. The number of amides is 1. The normalized spacial score (nSPS) is 30.2. The fraction of sp³-hybridized carbons (Fsp3) is 0.696. The highest BCUT2D eigenvalue weighted by Crippen LogP contribution is 2.33. The number of carbonyl (C=O) groups excluding carboxylic acids is 1. The fourth-order valence-electron chi connectivity index (χ4n) is 5.34. The number of likely N-dealkylation sites (tertiary alicyclic amines) is 1. The minimum atomic E-state index is 0.0787. The highest BCUT2D eigenvalue weighted by molar-refractivity contribution is 5.96. The average Bonchev–Trinajstić information content (AvgIpc) is 3.06. The van der Waals surface area contributed by atoms with E-state index >= 15 is 0 Å². The van der Waals surface area contributed by atoms with Gasteiger partial charge in [0.1, 0.15) is 0 Å². The molecule has 0 radical (unpaired) electrons. The minimum absolute atomic E-state index is 0.0787. The summed E-state index contributed by atoms with van der Waals surface area (Å²) in [4.78, 5) is 19.2. The van der Waals surface area contributed by atoms with Crippen molar-refractivity contribution in [3.8, 4) is 0 Å². The first-order valence-corrected chi connectivity index (χ1v) is 11.0. The van der Waals surface area contributed by atoms with Crippen LogP contribution in [0.25, 0.3) is 0 Å². The van der Waals surface area contributed by atoms with Gasteiger partial charge in [-0.05, 0) is 69.8 Å². The molecule has 5 heteroatoms. The largest absolute Gasteiger partial charge is 0.396 e. The number of nitrogens with zero attached hydrogens (tertiary/aromatic N) is 3. The van der Waals surface area contributed by atoms with Gasteiger partial charge in [0.2, 0.25) is 5.91 Å². The van der Waals surface area contributed by atoms with Crippen LogP contribution >= 0.6 is 0 Å². The quantitative estimate of drug-likeness (QED) is 0.864. The lowest BCUT2D eigenvalue weighted by atomic mass is 9.81. The van der Waals surface area contributed by atoms with Crippen molar-refractivity contribution in [3.05, 3.63) is 24.3 Å². The average molecular weight is 386 g/mol. The third-order valence-corrected chi connectivity index (χ3v) is 7.15. The Hall–Kier alpha value is -1.59. The molecule has 1 N–H and O–H groups in total. The molecule has 3 saturated heterocycles. The topological polar surface area (TPSA) is 47.0 Å². The summed E-state index contributed by atoms with van der Waals surface area (Å²) in [6, 6.07) is 9.53. The molecule has 0 bridgehead atoms. The van der Waals surface area contributed by atoms with Gasteiger partial charge in [0.25, 0.3) is 0 Å². The summed E-state index contributed by atoms with van der Waals surface area (Å²) >= 11 is 0. The van der Waals surface area contributed by atoms with Crippen LogP contribution in [0.15, 0.2) is 24.3 Å². The van der Waals surface area contributed by atoms with Crippen LogP contribution in [0.3, 0.4) is 0 Å². The Morgan fingerprint density at radius 1 is 1.07 bits per heavy atom. The highest BCUT2D eigenvalue weighted by Gasteiger charge is 2.35. The van der Waals surface area contributed by atoms with Gasteiger partial charge in [0, 0.05) is 61.5 Å². The van der Waals surface area contributed by atoms with Crippen molar-refractivity contribution in [3.63, 3.8) is 0 Å². The van der Waals surface area contributed by atoms with Crippen LogP contribution in [0.2, 0.25) is 0 Å². The molecule has 154 valence electrons. The Morgan fingerprint density at radius 3 is 2.36 bits per heavy atom. The van der Waals surface area contributed by atoms with Crippen LogP contribution in [0.1, 0.15) is 52.4 Å². The van der Waals surface area contributed by atoms with Gasteiger partial charge >= 0.3 is 0 Å². The van der Waals surface area contributed by atoms with E-state index in [0.29, 0.717) is 25.1 Å². The first kappa shape index (κ1) is 19.7. The summed E-state index contributed by atoms with van der Waals surface area (Å²) in [6.07, 6.45) is 6.34. The predicted molar refractivity (Wildman–Crippen MR) is 114 cm³/mol. The summed E-state index contributed by atoms with van der Waals surface area (Å²) in [7, 11) is 0. The lowest BCUT2D eigenvalue weighted by Crippen LogP contribution is -2.51. The molecule has 1 amide bonds. The Kier molecular flexibility index (Phi) is 5.66. The van der Waals surface area contributed by atoms with Gasteiger partial charge in [0.15, 0.2) is 0 Å². The molecule has 0 spiro atoms. The monoisotopic (exact) mass is 385 g/mol. The van der Waals surface area contributed by atoms with E-state index in [1.165, 1.54) is 31.5 Å². The van der Waals surface area contributed by atoms with Crippen molar-refractivity contribution in [1.82, 2.24) is 4.90 Å². The van der Waals surface area contributed by atoms with Crippen molar-refractivity contribution in [2.75, 3.05) is 42.6 Å². The number of aliphatic hydroxyl groups excluding tert-OH is 1. The maximum atomic E-state index is 12.1. The van der Waals surface area contributed by atoms with Crippen molar-refractivity contribution >= 4 is 17.3 Å². The van der Waals surface area contributed by atoms with E-state index in [1.807, 2.05) is 4.90 Å². The second-order valence-corrected chi connectivity index (χ2v) is 9.43. The molecule has 5 nitrogen and oxygen atoms in total. The van der Waals surface area contributed by atoms with Crippen LogP contribution in [-0.4, -0.2) is 60.8 Å². The second kappa shape index (κ2) is 8.03. The minimum Gasteiger partial charge on any atom is -0.396 e. The van der Waals surface area contributed by atoms with Gasteiger partial charge in [-0.3, -0.25) is 9.69 Å². The third-order valence-electron chi connectivity index (χ3n) is 7.15. The fourth-order valence-corrected chi connectivity index (χ4v) is 5.34. The van der Waals surface area contributed by atoms with E-state index in [-0.39, 0.29) is 11.3 Å². The Balaban J connectivity index is 1.34. The first-order valence-electron chi connectivity index (χ1n) is 11.0. The van der Waals surface area contributed by atoms with E-state index in [1.54, 1.807) is 0 Å². The van der Waals surface area contributed by atoms with Gasteiger partial charge < -0.3 is 14.9 Å². The van der Waals surface area contributed by atoms with Gasteiger partial charge in [-0.2, -0.15) is 0 Å². The Labute approximate surface area is 169 Å². The van der Waals surface area contributed by atoms with E-state index in [9.17, 15) is 9.90 Å². The Bertz CT molecular complexity index is 684.